The lowest BCUT2D eigenvalue weighted by molar-refractivity contribution is 1.07. The third kappa shape index (κ3) is 5.84. The first-order valence-electron chi connectivity index (χ1n) is 16.7. The summed E-state index contributed by atoms with van der Waals surface area (Å²) in [4.78, 5) is 15.0. The van der Waals surface area contributed by atoms with E-state index in [0.717, 1.165) is 27.8 Å². The van der Waals surface area contributed by atoms with Crippen molar-refractivity contribution in [2.24, 2.45) is 0 Å². The van der Waals surface area contributed by atoms with Crippen LogP contribution in [-0.4, -0.2) is 15.0 Å². The molecule has 238 valence electrons. The van der Waals surface area contributed by atoms with Crippen molar-refractivity contribution in [3.8, 4) is 73.6 Å². The molecule has 0 bridgehead atoms. The molecule has 0 radical (unpaired) electrons. The molecule has 0 spiro atoms. The molecule has 9 rings (SSSR count). The average molecular weight is 669 g/mol. The molecule has 0 aliphatic rings. The zero-order valence-electron chi connectivity index (χ0n) is 27.4. The summed E-state index contributed by atoms with van der Waals surface area (Å²) in [6.45, 7) is 0. The van der Waals surface area contributed by atoms with Crippen molar-refractivity contribution in [3.05, 3.63) is 175 Å². The molecular formula is C46H28N4S. The molecule has 0 N–H and O–H groups in total. The van der Waals surface area contributed by atoms with E-state index >= 15 is 0 Å². The molecule has 7 aromatic carbocycles. The third-order valence-corrected chi connectivity index (χ3v) is 10.3. The predicted octanol–water partition coefficient (Wildman–Crippen LogP) is 12.1. The highest BCUT2D eigenvalue weighted by atomic mass is 32.1. The second-order valence-electron chi connectivity index (χ2n) is 12.4. The van der Waals surface area contributed by atoms with Crippen molar-refractivity contribution >= 4 is 31.5 Å². The van der Waals surface area contributed by atoms with Crippen LogP contribution in [0.2, 0.25) is 0 Å². The molecule has 2 heterocycles. The smallest absolute Gasteiger partial charge is 0.164 e. The van der Waals surface area contributed by atoms with Crippen molar-refractivity contribution in [3.63, 3.8) is 0 Å². The maximum atomic E-state index is 9.47. The highest BCUT2D eigenvalue weighted by molar-refractivity contribution is 7.26. The molecule has 0 atom stereocenters. The Balaban J connectivity index is 1.16. The largest absolute Gasteiger partial charge is 0.208 e. The Bertz CT molecular complexity index is 2760. The lowest BCUT2D eigenvalue weighted by Crippen LogP contribution is -2.00. The zero-order valence-corrected chi connectivity index (χ0v) is 28.2. The Morgan fingerprint density at radius 1 is 0.392 bits per heavy atom. The number of hydrogen-bond acceptors (Lipinski definition) is 5. The Hall–Kier alpha value is -6.74. The number of nitriles is 1. The number of hydrogen-bond donors (Lipinski definition) is 0. The minimum absolute atomic E-state index is 0.592. The number of aromatic nitrogens is 3. The van der Waals surface area contributed by atoms with E-state index < -0.39 is 0 Å². The molecule has 0 aliphatic heterocycles. The van der Waals surface area contributed by atoms with Crippen molar-refractivity contribution in [1.82, 2.24) is 15.0 Å². The number of nitrogens with zero attached hydrogens (tertiary/aromatic N) is 4. The second-order valence-corrected chi connectivity index (χ2v) is 13.5. The summed E-state index contributed by atoms with van der Waals surface area (Å²) >= 11 is 1.79. The van der Waals surface area contributed by atoms with Crippen LogP contribution in [0.25, 0.3) is 87.7 Å². The summed E-state index contributed by atoms with van der Waals surface area (Å²) in [6, 6.07) is 60.5. The van der Waals surface area contributed by atoms with Crippen LogP contribution in [-0.2, 0) is 0 Å². The Morgan fingerprint density at radius 2 is 0.922 bits per heavy atom. The Labute approximate surface area is 299 Å². The van der Waals surface area contributed by atoms with Gasteiger partial charge in [-0.25, -0.2) is 15.0 Å². The van der Waals surface area contributed by atoms with Crippen LogP contribution < -0.4 is 0 Å². The predicted molar refractivity (Wildman–Crippen MR) is 210 cm³/mol. The topological polar surface area (TPSA) is 62.5 Å². The van der Waals surface area contributed by atoms with Crippen LogP contribution >= 0.6 is 11.3 Å². The average Bonchev–Trinajstić information content (AvgIpc) is 3.60. The number of fused-ring (bicyclic) bond motifs is 3. The van der Waals surface area contributed by atoms with E-state index in [1.807, 2.05) is 72.8 Å². The molecule has 5 heteroatoms. The van der Waals surface area contributed by atoms with E-state index in [9.17, 15) is 5.26 Å². The third-order valence-electron chi connectivity index (χ3n) is 9.15. The maximum absolute atomic E-state index is 9.47. The molecule has 0 fully saturated rings. The Kier molecular flexibility index (Phi) is 7.70. The minimum Gasteiger partial charge on any atom is -0.208 e. The van der Waals surface area contributed by atoms with Gasteiger partial charge in [0.05, 0.1) is 11.6 Å². The van der Waals surface area contributed by atoms with Crippen molar-refractivity contribution < 1.29 is 0 Å². The molecule has 0 saturated heterocycles. The first-order chi connectivity index (χ1) is 25.2. The van der Waals surface area contributed by atoms with Gasteiger partial charge in [0.2, 0.25) is 0 Å². The number of thiophene rings is 1. The lowest BCUT2D eigenvalue weighted by atomic mass is 9.96. The van der Waals surface area contributed by atoms with Gasteiger partial charge in [0.1, 0.15) is 0 Å². The van der Waals surface area contributed by atoms with Gasteiger partial charge in [-0.2, -0.15) is 5.26 Å². The molecule has 0 amide bonds. The minimum atomic E-state index is 0.592. The van der Waals surface area contributed by atoms with Gasteiger partial charge in [-0.05, 0) is 69.8 Å². The summed E-state index contributed by atoms with van der Waals surface area (Å²) in [5.74, 6) is 1.82. The summed E-state index contributed by atoms with van der Waals surface area (Å²) in [5, 5.41) is 11.9. The highest BCUT2D eigenvalue weighted by Crippen LogP contribution is 2.42. The van der Waals surface area contributed by atoms with Crippen LogP contribution in [0, 0.1) is 11.3 Å². The molecule has 0 unspecified atom stereocenters. The van der Waals surface area contributed by atoms with Crippen LogP contribution in [0.1, 0.15) is 5.56 Å². The number of rotatable bonds is 6. The highest BCUT2D eigenvalue weighted by Gasteiger charge is 2.16. The van der Waals surface area contributed by atoms with Crippen LogP contribution in [0.5, 0.6) is 0 Å². The first-order valence-corrected chi connectivity index (χ1v) is 17.6. The Morgan fingerprint density at radius 3 is 1.65 bits per heavy atom. The van der Waals surface area contributed by atoms with E-state index in [-0.39, 0.29) is 0 Å². The molecule has 51 heavy (non-hydrogen) atoms. The SMILES string of the molecule is N#Cc1cccc(-c2cccc(-c3nc(-c4ccccc4)nc(-c4ccc5c(c4)sc4cccc(-c6cccc(-c7ccccc7)c6)c45)n3)c2)c1. The van der Waals surface area contributed by atoms with E-state index in [1.54, 1.807) is 11.3 Å². The normalized spacial score (nSPS) is 11.1. The molecule has 0 aliphatic carbocycles. The molecule has 0 saturated carbocycles. The van der Waals surface area contributed by atoms with Crippen molar-refractivity contribution in [2.45, 2.75) is 0 Å². The first kappa shape index (κ1) is 30.3. The van der Waals surface area contributed by atoms with Gasteiger partial charge in [-0.3, -0.25) is 0 Å². The van der Waals surface area contributed by atoms with Gasteiger partial charge in [-0.15, -0.1) is 11.3 Å². The summed E-state index contributed by atoms with van der Waals surface area (Å²) in [5.41, 5.74) is 10.1. The summed E-state index contributed by atoms with van der Waals surface area (Å²) in [7, 11) is 0. The molecule has 4 nitrogen and oxygen atoms in total. The molecular weight excluding hydrogens is 641 g/mol. The van der Waals surface area contributed by atoms with Crippen molar-refractivity contribution in [2.75, 3.05) is 0 Å². The van der Waals surface area contributed by atoms with E-state index in [1.165, 1.54) is 42.4 Å². The van der Waals surface area contributed by atoms with E-state index in [2.05, 4.69) is 103 Å². The van der Waals surface area contributed by atoms with Crippen LogP contribution in [0.4, 0.5) is 0 Å². The molecule has 9 aromatic rings. The number of benzene rings is 7. The quantitative estimate of drug-likeness (QED) is 0.177. The van der Waals surface area contributed by atoms with Gasteiger partial charge in [0.15, 0.2) is 17.5 Å². The van der Waals surface area contributed by atoms with Crippen LogP contribution in [0.3, 0.4) is 0 Å². The van der Waals surface area contributed by atoms with Gasteiger partial charge in [0, 0.05) is 36.9 Å². The summed E-state index contributed by atoms with van der Waals surface area (Å²) < 4.78 is 2.42. The van der Waals surface area contributed by atoms with E-state index in [4.69, 9.17) is 15.0 Å². The van der Waals surface area contributed by atoms with Gasteiger partial charge in [-0.1, -0.05) is 133 Å². The van der Waals surface area contributed by atoms with Crippen molar-refractivity contribution in [1.29, 1.82) is 5.26 Å². The fourth-order valence-corrected chi connectivity index (χ4v) is 7.83. The fraction of sp³-hybridized carbons (Fsp3) is 0. The standard InChI is InChI=1S/C46H28N4S/c47-29-30-11-7-16-33(25-30)35-18-9-20-37(27-35)45-48-44(32-14-5-2-6-15-32)49-46(50-45)38-23-24-40-42(28-38)51-41-22-10-21-39(43(40)41)36-19-8-17-34(26-36)31-12-3-1-4-13-31/h1-28H. The second kappa shape index (κ2) is 12.9. The maximum Gasteiger partial charge on any atom is 0.164 e. The van der Waals surface area contributed by atoms with Gasteiger partial charge in [0.25, 0.3) is 0 Å². The van der Waals surface area contributed by atoms with Gasteiger partial charge < -0.3 is 0 Å². The summed E-state index contributed by atoms with van der Waals surface area (Å²) in [6.07, 6.45) is 0. The molecule has 2 aromatic heterocycles. The van der Waals surface area contributed by atoms with Crippen LogP contribution in [0.15, 0.2) is 170 Å². The van der Waals surface area contributed by atoms with Gasteiger partial charge >= 0.3 is 0 Å². The fourth-order valence-electron chi connectivity index (χ4n) is 6.66. The zero-order chi connectivity index (χ0) is 34.1. The monoisotopic (exact) mass is 668 g/mol. The van der Waals surface area contributed by atoms with E-state index in [0.29, 0.717) is 23.0 Å². The lowest BCUT2D eigenvalue weighted by Gasteiger charge is -2.10.